The van der Waals surface area contributed by atoms with Crippen molar-refractivity contribution in [2.75, 3.05) is 6.26 Å². The number of rotatable bonds is 2. The van der Waals surface area contributed by atoms with Crippen LogP contribution in [0.4, 0.5) is 4.79 Å². The number of aryl methyl sites for hydroxylation is 1. The molecule has 1 amide bonds. The molecule has 1 aliphatic rings. The Morgan fingerprint density at radius 1 is 1.50 bits per heavy atom. The van der Waals surface area contributed by atoms with E-state index < -0.39 is 11.2 Å². The predicted octanol–water partition coefficient (Wildman–Crippen LogP) is -0.845. The lowest BCUT2D eigenvalue weighted by Gasteiger charge is -2.23. The lowest BCUT2D eigenvalue weighted by molar-refractivity contribution is -0.251. The minimum atomic E-state index is -1.38. The van der Waals surface area contributed by atoms with E-state index in [0.717, 1.165) is 10.9 Å². The summed E-state index contributed by atoms with van der Waals surface area (Å²) in [6, 6.07) is 5.58. The maximum Gasteiger partial charge on any atom is 0.277 e. The van der Waals surface area contributed by atoms with Crippen LogP contribution in [0.2, 0.25) is 0 Å². The molecule has 5 nitrogen and oxygen atoms in total. The van der Waals surface area contributed by atoms with Crippen LogP contribution in [0.25, 0.3) is 0 Å². The monoisotopic (exact) mass is 236 g/mol. The summed E-state index contributed by atoms with van der Waals surface area (Å²) in [6.07, 6.45) is 0.358. The average Bonchev–Trinajstić information content (AvgIpc) is 2.58. The van der Waals surface area contributed by atoms with Gasteiger partial charge in [-0.15, -0.1) is 0 Å². The van der Waals surface area contributed by atoms with Crippen molar-refractivity contribution in [3.63, 3.8) is 0 Å². The van der Waals surface area contributed by atoms with E-state index in [2.05, 4.69) is 15.3 Å². The van der Waals surface area contributed by atoms with Crippen LogP contribution < -0.4 is 21.1 Å². The standard InChI is InChI=1S/C10H11N3O2S/c1-6-4-3-5-7-8(6)12-10(11-7,16-2)13-9(14)15/h3-5,13H,1-2H3,(H,14,15)/p-1. The van der Waals surface area contributed by atoms with E-state index in [1.807, 2.05) is 19.1 Å². The summed E-state index contributed by atoms with van der Waals surface area (Å²) in [5.41, 5.74) is 0.970. The van der Waals surface area contributed by atoms with Crippen molar-refractivity contribution < 1.29 is 9.90 Å². The SMILES string of the molecule is CSC1(NC(=O)[O-])N=c2cccc(C)c2=N1. The van der Waals surface area contributed by atoms with E-state index in [0.29, 0.717) is 5.36 Å². The third kappa shape index (κ3) is 1.76. The van der Waals surface area contributed by atoms with Gasteiger partial charge in [-0.1, -0.05) is 23.9 Å². The molecule has 0 fully saturated rings. The van der Waals surface area contributed by atoms with Gasteiger partial charge in [0.2, 0.25) is 0 Å². The zero-order valence-electron chi connectivity index (χ0n) is 8.85. The van der Waals surface area contributed by atoms with Gasteiger partial charge in [-0.05, 0) is 24.8 Å². The number of hydrogen-bond donors (Lipinski definition) is 1. The molecule has 1 heterocycles. The first-order valence-corrected chi connectivity index (χ1v) is 5.88. The van der Waals surface area contributed by atoms with Crippen molar-refractivity contribution in [3.05, 3.63) is 34.5 Å². The summed E-state index contributed by atoms with van der Waals surface area (Å²) in [4.78, 5) is 19.2. The molecule has 0 bridgehead atoms. The van der Waals surface area contributed by atoms with Crippen molar-refractivity contribution in [2.45, 2.75) is 12.0 Å². The van der Waals surface area contributed by atoms with E-state index in [1.54, 1.807) is 12.3 Å². The number of carbonyl (C=O) groups excluding carboxylic acids is 1. The summed E-state index contributed by atoms with van der Waals surface area (Å²) in [7, 11) is 0. The zero-order chi connectivity index (χ0) is 11.8. The van der Waals surface area contributed by atoms with Crippen LogP contribution in [-0.4, -0.2) is 17.5 Å². The molecule has 16 heavy (non-hydrogen) atoms. The van der Waals surface area contributed by atoms with E-state index in [9.17, 15) is 9.90 Å². The molecule has 84 valence electrons. The largest absolute Gasteiger partial charge is 0.530 e. The van der Waals surface area contributed by atoms with E-state index >= 15 is 0 Å². The summed E-state index contributed by atoms with van der Waals surface area (Å²) in [5, 5.41) is 13.1. The van der Waals surface area contributed by atoms with Gasteiger partial charge in [0.15, 0.2) is 0 Å². The van der Waals surface area contributed by atoms with Crippen molar-refractivity contribution >= 4 is 17.9 Å². The molecular weight excluding hydrogens is 226 g/mol. The molecule has 1 atom stereocenters. The Bertz CT molecular complexity index is 558. The lowest BCUT2D eigenvalue weighted by Crippen LogP contribution is -2.48. The highest BCUT2D eigenvalue weighted by molar-refractivity contribution is 7.99. The van der Waals surface area contributed by atoms with Gasteiger partial charge in [0.1, 0.15) is 6.09 Å². The molecule has 1 N–H and O–H groups in total. The second-order valence-corrected chi connectivity index (χ2v) is 4.37. The Labute approximate surface area is 96.3 Å². The molecule has 1 aromatic rings. The summed E-state index contributed by atoms with van der Waals surface area (Å²) in [5.74, 6) is 0. The minimum absolute atomic E-state index is 0.697. The number of carboxylic acid groups (broad SMARTS) is 1. The van der Waals surface area contributed by atoms with Crippen LogP contribution in [0.1, 0.15) is 5.56 Å². The molecule has 0 saturated heterocycles. The van der Waals surface area contributed by atoms with Gasteiger partial charge < -0.3 is 15.2 Å². The van der Waals surface area contributed by atoms with E-state index in [-0.39, 0.29) is 0 Å². The fraction of sp³-hybridized carbons (Fsp3) is 0.300. The van der Waals surface area contributed by atoms with Gasteiger partial charge >= 0.3 is 0 Å². The molecule has 1 aromatic carbocycles. The fourth-order valence-corrected chi connectivity index (χ4v) is 2.11. The molecule has 0 spiro atoms. The maximum atomic E-state index is 10.6. The van der Waals surface area contributed by atoms with Crippen molar-refractivity contribution in [2.24, 2.45) is 9.98 Å². The molecule has 0 saturated carbocycles. The van der Waals surface area contributed by atoms with Crippen LogP contribution >= 0.6 is 11.8 Å². The molecule has 2 rings (SSSR count). The molecule has 1 unspecified atom stereocenters. The highest BCUT2D eigenvalue weighted by atomic mass is 32.2. The molecule has 6 heteroatoms. The van der Waals surface area contributed by atoms with Crippen LogP contribution in [0.15, 0.2) is 28.2 Å². The smallest absolute Gasteiger partial charge is 0.277 e. The number of nitrogens with one attached hydrogen (secondary N) is 1. The lowest BCUT2D eigenvalue weighted by atomic mass is 10.2. The molecule has 1 aliphatic heterocycles. The number of carbonyl (C=O) groups is 1. The fourth-order valence-electron chi connectivity index (χ4n) is 1.55. The Balaban J connectivity index is 2.57. The van der Waals surface area contributed by atoms with Gasteiger partial charge in [-0.3, -0.25) is 0 Å². The highest BCUT2D eigenvalue weighted by Gasteiger charge is 2.30. The Kier molecular flexibility index (Phi) is 2.59. The predicted molar refractivity (Wildman–Crippen MR) is 58.3 cm³/mol. The quantitative estimate of drug-likeness (QED) is 0.680. The van der Waals surface area contributed by atoms with Crippen LogP contribution in [0, 0.1) is 6.92 Å². The summed E-state index contributed by atoms with van der Waals surface area (Å²) < 4.78 is 0. The second kappa shape index (κ2) is 3.79. The van der Waals surface area contributed by atoms with Gasteiger partial charge in [0, 0.05) is 0 Å². The number of fused-ring (bicyclic) bond motifs is 1. The van der Waals surface area contributed by atoms with E-state index in [1.165, 1.54) is 11.8 Å². The second-order valence-electron chi connectivity index (χ2n) is 3.39. The molecule has 0 radical (unpaired) electrons. The van der Waals surface area contributed by atoms with Crippen LogP contribution in [0.5, 0.6) is 0 Å². The van der Waals surface area contributed by atoms with Gasteiger partial charge in [-0.25, -0.2) is 9.98 Å². The molecule has 0 aromatic heterocycles. The Morgan fingerprint density at radius 3 is 2.81 bits per heavy atom. The van der Waals surface area contributed by atoms with E-state index in [4.69, 9.17) is 0 Å². The minimum Gasteiger partial charge on any atom is -0.530 e. The van der Waals surface area contributed by atoms with Crippen molar-refractivity contribution in [1.29, 1.82) is 0 Å². The summed E-state index contributed by atoms with van der Waals surface area (Å²) in [6.45, 7) is 1.91. The first-order valence-electron chi connectivity index (χ1n) is 4.66. The normalized spacial score (nSPS) is 21.9. The highest BCUT2D eigenvalue weighted by Crippen LogP contribution is 2.23. The number of para-hydroxylation sites is 1. The third-order valence-corrected chi connectivity index (χ3v) is 3.16. The average molecular weight is 236 g/mol. The number of thioether (sulfide) groups is 1. The number of hydrogen-bond acceptors (Lipinski definition) is 5. The van der Waals surface area contributed by atoms with Crippen molar-refractivity contribution in [1.82, 2.24) is 5.32 Å². The number of amides is 1. The zero-order valence-corrected chi connectivity index (χ0v) is 9.67. The number of nitrogens with zero attached hydrogens (tertiary/aromatic N) is 2. The first kappa shape index (κ1) is 10.9. The van der Waals surface area contributed by atoms with Crippen molar-refractivity contribution in [3.8, 4) is 0 Å². The Hall–Kier alpha value is -1.56. The van der Waals surface area contributed by atoms with Crippen LogP contribution in [-0.2, 0) is 0 Å². The molecule has 0 aliphatic carbocycles. The first-order chi connectivity index (χ1) is 7.56. The van der Waals surface area contributed by atoms with Crippen LogP contribution in [0.3, 0.4) is 0 Å². The van der Waals surface area contributed by atoms with Gasteiger partial charge in [0.05, 0.1) is 10.7 Å². The third-order valence-electron chi connectivity index (χ3n) is 2.30. The molecular formula is C10H10N3O2S-. The summed E-state index contributed by atoms with van der Waals surface area (Å²) >= 11 is 1.21. The number of benzene rings is 1. The topological polar surface area (TPSA) is 76.9 Å². The Morgan fingerprint density at radius 2 is 2.25 bits per heavy atom. The maximum absolute atomic E-state index is 10.6. The van der Waals surface area contributed by atoms with Gasteiger partial charge in [0.25, 0.3) is 5.12 Å². The van der Waals surface area contributed by atoms with Gasteiger partial charge in [-0.2, -0.15) is 0 Å².